The summed E-state index contributed by atoms with van der Waals surface area (Å²) in [6, 6.07) is 24.2. The molecule has 0 atom stereocenters. The molecule has 1 heterocycles. The number of rotatable bonds is 5. The van der Waals surface area contributed by atoms with Crippen molar-refractivity contribution < 1.29 is 9.21 Å². The van der Waals surface area contributed by atoms with Gasteiger partial charge in [-0.05, 0) is 24.6 Å². The fourth-order valence-corrected chi connectivity index (χ4v) is 3.42. The average molecular weight is 414 g/mol. The predicted octanol–water partition coefficient (Wildman–Crippen LogP) is 6.44. The van der Waals surface area contributed by atoms with Crippen LogP contribution in [-0.2, 0) is 0 Å². The third-order valence-electron chi connectivity index (χ3n) is 5.08. The number of allylic oxidation sites excluding steroid dienone is 2. The van der Waals surface area contributed by atoms with Crippen LogP contribution in [0.5, 0.6) is 0 Å². The Labute approximate surface area is 186 Å². The number of nitrogens with zero attached hydrogens (tertiary/aromatic N) is 2. The summed E-state index contributed by atoms with van der Waals surface area (Å²) >= 11 is 0. The Morgan fingerprint density at radius 1 is 0.875 bits per heavy atom. The molecule has 32 heavy (non-hydrogen) atoms. The van der Waals surface area contributed by atoms with Gasteiger partial charge in [0.15, 0.2) is 5.78 Å². The summed E-state index contributed by atoms with van der Waals surface area (Å²) in [5.74, 6) is 0.173. The van der Waals surface area contributed by atoms with Crippen LogP contribution < -0.4 is 0 Å². The molecule has 0 aliphatic rings. The number of hydrogen-bond donors (Lipinski definition) is 0. The first kappa shape index (κ1) is 20.6. The Bertz CT molecular complexity index is 1440. The lowest BCUT2D eigenvalue weighted by Gasteiger charge is -2.02. The highest BCUT2D eigenvalue weighted by Gasteiger charge is 2.22. The van der Waals surface area contributed by atoms with Gasteiger partial charge in [-0.1, -0.05) is 78.4 Å². The predicted molar refractivity (Wildman–Crippen MR) is 125 cm³/mol. The number of furan rings is 1. The molecular weight excluding hydrogens is 396 g/mol. The van der Waals surface area contributed by atoms with Crippen molar-refractivity contribution >= 4 is 28.9 Å². The molecule has 0 bridgehead atoms. The molecule has 0 saturated heterocycles. The Morgan fingerprint density at radius 3 is 2.22 bits per heavy atom. The van der Waals surface area contributed by atoms with E-state index in [-0.39, 0.29) is 16.9 Å². The molecule has 4 aromatic rings. The minimum Gasteiger partial charge on any atom is -0.456 e. The maximum Gasteiger partial charge on any atom is 0.197 e. The van der Waals surface area contributed by atoms with Gasteiger partial charge >= 0.3 is 0 Å². The number of benzene rings is 3. The number of ketones is 1. The van der Waals surface area contributed by atoms with Crippen LogP contribution in [-0.4, -0.2) is 5.78 Å². The molecule has 152 valence electrons. The van der Waals surface area contributed by atoms with Gasteiger partial charge < -0.3 is 4.42 Å². The lowest BCUT2D eigenvalue weighted by Crippen LogP contribution is -2.02. The van der Waals surface area contributed by atoms with Crippen molar-refractivity contribution in [2.75, 3.05) is 0 Å². The first-order chi connectivity index (χ1) is 15.6. The van der Waals surface area contributed by atoms with Gasteiger partial charge in [0.1, 0.15) is 23.5 Å². The lowest BCUT2D eigenvalue weighted by atomic mass is 9.97. The highest BCUT2D eigenvalue weighted by Crippen LogP contribution is 2.31. The van der Waals surface area contributed by atoms with E-state index in [1.165, 1.54) is 6.07 Å². The summed E-state index contributed by atoms with van der Waals surface area (Å²) in [4.78, 5) is 13.4. The molecule has 0 aliphatic heterocycles. The van der Waals surface area contributed by atoms with Crippen LogP contribution in [0.1, 0.15) is 43.9 Å². The van der Waals surface area contributed by atoms with Crippen LogP contribution in [0.2, 0.25) is 0 Å². The number of carbonyl (C=O) groups excluding carboxylic acids is 1. The summed E-state index contributed by atoms with van der Waals surface area (Å²) in [5, 5.41) is 19.3. The van der Waals surface area contributed by atoms with Crippen molar-refractivity contribution in [3.8, 4) is 12.1 Å². The molecular formula is C28H18N2O2. The van der Waals surface area contributed by atoms with Crippen LogP contribution in [0.4, 0.5) is 0 Å². The normalized spacial score (nSPS) is 11.1. The van der Waals surface area contributed by atoms with Gasteiger partial charge in [-0.15, -0.1) is 0 Å². The summed E-state index contributed by atoms with van der Waals surface area (Å²) in [6.45, 7) is 1.96. The number of aryl methyl sites for hydroxylation is 1. The highest BCUT2D eigenvalue weighted by molar-refractivity contribution is 6.18. The lowest BCUT2D eigenvalue weighted by molar-refractivity contribution is 0.103. The van der Waals surface area contributed by atoms with E-state index in [0.717, 1.165) is 11.1 Å². The quantitative estimate of drug-likeness (QED) is 0.278. The maximum absolute atomic E-state index is 13.4. The van der Waals surface area contributed by atoms with Crippen molar-refractivity contribution in [1.29, 1.82) is 10.5 Å². The summed E-state index contributed by atoms with van der Waals surface area (Å²) in [6.07, 6.45) is 7.33. The van der Waals surface area contributed by atoms with E-state index in [4.69, 9.17) is 4.42 Å². The van der Waals surface area contributed by atoms with Crippen molar-refractivity contribution in [2.24, 2.45) is 0 Å². The number of hydrogen-bond acceptors (Lipinski definition) is 4. The van der Waals surface area contributed by atoms with Gasteiger partial charge in [0.25, 0.3) is 0 Å². The fourth-order valence-electron chi connectivity index (χ4n) is 3.42. The first-order valence-corrected chi connectivity index (χ1v) is 10.0. The zero-order valence-electron chi connectivity index (χ0n) is 17.4. The van der Waals surface area contributed by atoms with Crippen LogP contribution in [0.15, 0.2) is 83.3 Å². The maximum atomic E-state index is 13.4. The standard InChI is InChI=1S/C28H18N2O2/c1-19-11-13-21(14-12-19)28(31)27-24-15-22(17-29)23(18-30)16-26(24)32-25(27)10-6-5-9-20-7-3-2-4-8-20/h2-16H,1H3. The molecule has 0 radical (unpaired) electrons. The summed E-state index contributed by atoms with van der Waals surface area (Å²) in [5.41, 5.74) is 3.80. The third-order valence-corrected chi connectivity index (χ3v) is 5.08. The minimum atomic E-state index is -0.205. The molecule has 4 heteroatoms. The average Bonchev–Trinajstić information content (AvgIpc) is 3.18. The fraction of sp³-hybridized carbons (Fsp3) is 0.0357. The molecule has 0 aliphatic carbocycles. The minimum absolute atomic E-state index is 0.205. The smallest absolute Gasteiger partial charge is 0.197 e. The SMILES string of the molecule is Cc1ccc(C(=O)c2c(C=CC=Cc3ccccc3)oc3cc(C#N)c(C#N)cc23)cc1. The second-order valence-corrected chi connectivity index (χ2v) is 7.28. The van der Waals surface area contributed by atoms with Gasteiger partial charge in [0, 0.05) is 17.0 Å². The molecule has 0 N–H and O–H groups in total. The van der Waals surface area contributed by atoms with Gasteiger partial charge in [0.2, 0.25) is 0 Å². The van der Waals surface area contributed by atoms with Crippen molar-refractivity contribution in [3.63, 3.8) is 0 Å². The topological polar surface area (TPSA) is 77.8 Å². The van der Waals surface area contributed by atoms with Gasteiger partial charge in [0.05, 0.1) is 16.7 Å². The first-order valence-electron chi connectivity index (χ1n) is 10.0. The van der Waals surface area contributed by atoms with Crippen LogP contribution in [0.3, 0.4) is 0 Å². The van der Waals surface area contributed by atoms with Crippen molar-refractivity contribution in [1.82, 2.24) is 0 Å². The summed E-state index contributed by atoms with van der Waals surface area (Å²) in [7, 11) is 0. The second kappa shape index (κ2) is 9.00. The van der Waals surface area contributed by atoms with E-state index in [2.05, 4.69) is 0 Å². The largest absolute Gasteiger partial charge is 0.456 e. The number of fused-ring (bicyclic) bond motifs is 1. The molecule has 0 amide bonds. The van der Waals surface area contributed by atoms with Gasteiger partial charge in [-0.25, -0.2) is 0 Å². The molecule has 3 aromatic carbocycles. The molecule has 4 rings (SSSR count). The van der Waals surface area contributed by atoms with E-state index in [1.54, 1.807) is 30.4 Å². The molecule has 1 aromatic heterocycles. The highest BCUT2D eigenvalue weighted by atomic mass is 16.3. The second-order valence-electron chi connectivity index (χ2n) is 7.28. The van der Waals surface area contributed by atoms with E-state index < -0.39 is 0 Å². The third kappa shape index (κ3) is 4.12. The van der Waals surface area contributed by atoms with Crippen molar-refractivity contribution in [2.45, 2.75) is 6.92 Å². The Kier molecular flexibility index (Phi) is 5.79. The van der Waals surface area contributed by atoms with E-state index >= 15 is 0 Å². The number of carbonyl (C=O) groups is 1. The van der Waals surface area contributed by atoms with Crippen LogP contribution in [0.25, 0.3) is 23.1 Å². The molecule has 4 nitrogen and oxygen atoms in total. The van der Waals surface area contributed by atoms with Crippen LogP contribution in [0, 0.1) is 29.6 Å². The molecule has 0 unspecified atom stereocenters. The molecule has 0 saturated carbocycles. The molecule has 0 spiro atoms. The summed E-state index contributed by atoms with van der Waals surface area (Å²) < 4.78 is 5.96. The van der Waals surface area contributed by atoms with Crippen LogP contribution >= 0.6 is 0 Å². The Hall–Kier alpha value is -4.67. The van der Waals surface area contributed by atoms with Crippen molar-refractivity contribution in [3.05, 3.63) is 118 Å². The zero-order valence-corrected chi connectivity index (χ0v) is 17.4. The van der Waals surface area contributed by atoms with E-state index in [0.29, 0.717) is 27.9 Å². The van der Waals surface area contributed by atoms with Gasteiger partial charge in [-0.2, -0.15) is 10.5 Å². The Morgan fingerprint density at radius 2 is 1.53 bits per heavy atom. The zero-order chi connectivity index (χ0) is 22.5. The Balaban J connectivity index is 1.82. The number of nitriles is 2. The van der Waals surface area contributed by atoms with E-state index in [1.807, 2.05) is 73.7 Å². The van der Waals surface area contributed by atoms with Gasteiger partial charge in [-0.3, -0.25) is 4.79 Å². The molecule has 0 fully saturated rings. The monoisotopic (exact) mass is 414 g/mol. The van der Waals surface area contributed by atoms with E-state index in [9.17, 15) is 15.3 Å².